The number of rotatable bonds is 8. The summed E-state index contributed by atoms with van der Waals surface area (Å²) in [6, 6.07) is 5.40. The van der Waals surface area contributed by atoms with Gasteiger partial charge in [-0.3, -0.25) is 4.98 Å². The molecule has 0 bridgehead atoms. The fraction of sp³-hybridized carbons (Fsp3) is 0.560. The highest BCUT2D eigenvalue weighted by Crippen LogP contribution is 2.60. The van der Waals surface area contributed by atoms with Gasteiger partial charge in [0.05, 0.1) is 5.39 Å². The zero-order valence-corrected chi connectivity index (χ0v) is 21.1. The Bertz CT molecular complexity index is 1130. The summed E-state index contributed by atoms with van der Waals surface area (Å²) in [5.41, 5.74) is 4.81. The molecule has 0 N–H and O–H groups in total. The lowest BCUT2D eigenvalue weighted by Gasteiger charge is -2.22. The van der Waals surface area contributed by atoms with E-state index >= 15 is 0 Å². The SMILES string of the molecule is CCC12CC1CN(c1ncnc3c1c(-c1ccnc(C)c1)cn3COCC[Si](C)(C)C)C2. The van der Waals surface area contributed by atoms with Crippen LogP contribution in [-0.2, 0) is 11.5 Å². The zero-order valence-electron chi connectivity index (χ0n) is 20.1. The molecule has 170 valence electrons. The summed E-state index contributed by atoms with van der Waals surface area (Å²) in [6.45, 7) is 15.0. The van der Waals surface area contributed by atoms with Gasteiger partial charge in [0.25, 0.3) is 0 Å². The molecule has 3 aromatic rings. The van der Waals surface area contributed by atoms with E-state index in [1.165, 1.54) is 18.4 Å². The van der Waals surface area contributed by atoms with Crippen molar-refractivity contribution in [3.63, 3.8) is 0 Å². The molecule has 2 unspecified atom stereocenters. The molecular formula is C25H35N5OSi. The second-order valence-corrected chi connectivity index (χ2v) is 16.6. The van der Waals surface area contributed by atoms with Gasteiger partial charge in [0.2, 0.25) is 0 Å². The fourth-order valence-electron chi connectivity index (χ4n) is 5.22. The fourth-order valence-corrected chi connectivity index (χ4v) is 5.98. The smallest absolute Gasteiger partial charge is 0.148 e. The first-order valence-corrected chi connectivity index (χ1v) is 15.6. The van der Waals surface area contributed by atoms with Crippen LogP contribution in [0.15, 0.2) is 30.9 Å². The lowest BCUT2D eigenvalue weighted by molar-refractivity contribution is 0.0899. The van der Waals surface area contributed by atoms with Crippen LogP contribution in [0.1, 0.15) is 25.5 Å². The number of hydrogen-bond acceptors (Lipinski definition) is 5. The number of aromatic nitrogens is 4. The number of pyridine rings is 1. The molecule has 2 aliphatic rings. The Morgan fingerprint density at radius 3 is 2.78 bits per heavy atom. The predicted molar refractivity (Wildman–Crippen MR) is 133 cm³/mol. The van der Waals surface area contributed by atoms with Gasteiger partial charge in [-0.1, -0.05) is 26.6 Å². The van der Waals surface area contributed by atoms with Crippen molar-refractivity contribution in [2.45, 2.75) is 59.1 Å². The van der Waals surface area contributed by atoms with Gasteiger partial charge in [0, 0.05) is 51.4 Å². The van der Waals surface area contributed by atoms with Gasteiger partial charge < -0.3 is 14.2 Å². The van der Waals surface area contributed by atoms with Gasteiger partial charge in [-0.2, -0.15) is 0 Å². The van der Waals surface area contributed by atoms with E-state index in [0.29, 0.717) is 12.1 Å². The maximum absolute atomic E-state index is 6.11. The van der Waals surface area contributed by atoms with E-state index in [1.54, 1.807) is 6.33 Å². The molecule has 32 heavy (non-hydrogen) atoms. The van der Waals surface area contributed by atoms with Crippen molar-refractivity contribution < 1.29 is 4.74 Å². The lowest BCUT2D eigenvalue weighted by atomic mass is 10.0. The average molecular weight is 450 g/mol. The Labute approximate surface area is 192 Å². The van der Waals surface area contributed by atoms with Gasteiger partial charge in [0.15, 0.2) is 0 Å². The van der Waals surface area contributed by atoms with Crippen LogP contribution in [0.25, 0.3) is 22.2 Å². The number of piperidine rings is 1. The second-order valence-electron chi connectivity index (χ2n) is 10.9. The van der Waals surface area contributed by atoms with E-state index < -0.39 is 8.07 Å². The standard InChI is InChI=1S/C25H35N5OSi/c1-6-25-12-20(25)13-29(15-25)23-22-21(19-7-8-26-18(2)11-19)14-30(24(22)28-16-27-23)17-31-9-10-32(3,4)5/h7-8,11,14,16,20H,6,9-10,12-13,15,17H2,1-5H3. The second kappa shape index (κ2) is 7.95. The highest BCUT2D eigenvalue weighted by atomic mass is 28.3. The number of fused-ring (bicyclic) bond motifs is 2. The van der Waals surface area contributed by atoms with Crippen LogP contribution in [0.5, 0.6) is 0 Å². The van der Waals surface area contributed by atoms with E-state index in [2.05, 4.69) is 59.3 Å². The first-order chi connectivity index (χ1) is 15.3. The van der Waals surface area contributed by atoms with Crippen molar-refractivity contribution in [1.82, 2.24) is 19.5 Å². The number of ether oxygens (including phenoxy) is 1. The van der Waals surface area contributed by atoms with Crippen LogP contribution in [0.2, 0.25) is 25.7 Å². The molecule has 2 atom stereocenters. The molecule has 0 aromatic carbocycles. The maximum atomic E-state index is 6.11. The average Bonchev–Trinajstić information content (AvgIpc) is 3.12. The van der Waals surface area contributed by atoms with Crippen LogP contribution < -0.4 is 4.90 Å². The van der Waals surface area contributed by atoms with Crippen molar-refractivity contribution >= 4 is 24.9 Å². The Balaban J connectivity index is 1.53. The van der Waals surface area contributed by atoms with Gasteiger partial charge >= 0.3 is 0 Å². The van der Waals surface area contributed by atoms with Crippen LogP contribution in [-0.4, -0.2) is 47.3 Å². The summed E-state index contributed by atoms with van der Waals surface area (Å²) >= 11 is 0. The minimum absolute atomic E-state index is 0.507. The van der Waals surface area contributed by atoms with E-state index in [9.17, 15) is 0 Å². The third-order valence-electron chi connectivity index (χ3n) is 7.38. The number of aryl methyl sites for hydroxylation is 1. The number of anilines is 1. The summed E-state index contributed by atoms with van der Waals surface area (Å²) in [5, 5.41) is 1.14. The molecule has 0 amide bonds. The molecule has 3 aromatic heterocycles. The molecule has 0 spiro atoms. The first kappa shape index (κ1) is 21.6. The third-order valence-corrected chi connectivity index (χ3v) is 9.08. The maximum Gasteiger partial charge on any atom is 0.148 e. The highest BCUT2D eigenvalue weighted by Gasteiger charge is 2.58. The van der Waals surface area contributed by atoms with Crippen molar-refractivity contribution in [1.29, 1.82) is 0 Å². The van der Waals surface area contributed by atoms with Crippen LogP contribution in [0.4, 0.5) is 5.82 Å². The van der Waals surface area contributed by atoms with Crippen LogP contribution in [0.3, 0.4) is 0 Å². The monoisotopic (exact) mass is 449 g/mol. The number of hydrogen-bond donors (Lipinski definition) is 0. The largest absolute Gasteiger partial charge is 0.361 e. The van der Waals surface area contributed by atoms with Crippen LogP contribution >= 0.6 is 0 Å². The summed E-state index contributed by atoms with van der Waals surface area (Å²) in [6.07, 6.45) is 8.43. The van der Waals surface area contributed by atoms with E-state index in [-0.39, 0.29) is 0 Å². The topological polar surface area (TPSA) is 56.1 Å². The molecule has 0 radical (unpaired) electrons. The summed E-state index contributed by atoms with van der Waals surface area (Å²) in [7, 11) is -1.12. The molecule has 7 heteroatoms. The zero-order chi connectivity index (χ0) is 22.5. The Hall–Kier alpha value is -2.25. The Kier molecular flexibility index (Phi) is 5.37. The Morgan fingerprint density at radius 2 is 2.06 bits per heavy atom. The molecule has 2 fully saturated rings. The molecule has 1 saturated carbocycles. The summed E-state index contributed by atoms with van der Waals surface area (Å²) < 4.78 is 8.27. The lowest BCUT2D eigenvalue weighted by Crippen LogP contribution is -2.25. The molecule has 1 aliphatic heterocycles. The molecule has 6 nitrogen and oxygen atoms in total. The first-order valence-electron chi connectivity index (χ1n) is 11.9. The predicted octanol–water partition coefficient (Wildman–Crippen LogP) is 5.35. The quantitative estimate of drug-likeness (QED) is 0.343. The van der Waals surface area contributed by atoms with Gasteiger partial charge in [0.1, 0.15) is 24.5 Å². The minimum Gasteiger partial charge on any atom is -0.361 e. The van der Waals surface area contributed by atoms with Crippen molar-refractivity contribution in [3.8, 4) is 11.1 Å². The summed E-state index contributed by atoms with van der Waals surface area (Å²) in [4.78, 5) is 16.4. The van der Waals surface area contributed by atoms with E-state index in [1.807, 2.05) is 13.1 Å². The van der Waals surface area contributed by atoms with Gasteiger partial charge in [-0.15, -0.1) is 0 Å². The minimum atomic E-state index is -1.12. The number of nitrogens with zero attached hydrogens (tertiary/aromatic N) is 5. The molecule has 1 aliphatic carbocycles. The van der Waals surface area contributed by atoms with Gasteiger partial charge in [-0.05, 0) is 54.8 Å². The highest BCUT2D eigenvalue weighted by molar-refractivity contribution is 6.76. The van der Waals surface area contributed by atoms with Crippen molar-refractivity contribution in [3.05, 3.63) is 36.5 Å². The molecule has 4 heterocycles. The van der Waals surface area contributed by atoms with E-state index in [0.717, 1.165) is 59.8 Å². The van der Waals surface area contributed by atoms with Crippen LogP contribution in [0, 0.1) is 18.3 Å². The normalized spacial score (nSPS) is 22.5. The van der Waals surface area contributed by atoms with Crippen molar-refractivity contribution in [2.75, 3.05) is 24.6 Å². The Morgan fingerprint density at radius 1 is 1.22 bits per heavy atom. The third kappa shape index (κ3) is 3.97. The van der Waals surface area contributed by atoms with Gasteiger partial charge in [-0.25, -0.2) is 9.97 Å². The molecule has 1 saturated heterocycles. The van der Waals surface area contributed by atoms with Crippen molar-refractivity contribution in [2.24, 2.45) is 11.3 Å². The van der Waals surface area contributed by atoms with E-state index in [4.69, 9.17) is 14.7 Å². The molecular weight excluding hydrogens is 414 g/mol. The summed E-state index contributed by atoms with van der Waals surface area (Å²) in [5.74, 6) is 1.89. The molecule has 5 rings (SSSR count).